The molecule has 2 aromatic rings. The molecule has 0 spiro atoms. The van der Waals surface area contributed by atoms with Crippen LogP contribution in [-0.2, 0) is 22.6 Å². The van der Waals surface area contributed by atoms with Crippen molar-refractivity contribution in [2.75, 3.05) is 20.7 Å². The number of hydrogen-bond donors (Lipinski definition) is 0. The van der Waals surface area contributed by atoms with Gasteiger partial charge in [0.15, 0.2) is 0 Å². The monoisotopic (exact) mass is 272 g/mol. The number of likely N-dealkylation sites (N-methyl/N-ethyl adjacent to an activating group) is 1. The second-order valence-electron chi connectivity index (χ2n) is 5.11. The Morgan fingerprint density at radius 2 is 2.05 bits per heavy atom. The second kappa shape index (κ2) is 4.76. The molecule has 104 valence electrons. The molecule has 20 heavy (non-hydrogen) atoms. The Bertz CT molecular complexity index is 702. The van der Waals surface area contributed by atoms with Crippen LogP contribution in [-0.4, -0.2) is 41.9 Å². The highest BCUT2D eigenvalue weighted by Gasteiger charge is 2.24. The zero-order chi connectivity index (χ0) is 14.3. The summed E-state index contributed by atoms with van der Waals surface area (Å²) in [6.07, 6.45) is 1.77. The summed E-state index contributed by atoms with van der Waals surface area (Å²) >= 11 is 0. The van der Waals surface area contributed by atoms with Crippen molar-refractivity contribution in [2.24, 2.45) is 0 Å². The largest absolute Gasteiger partial charge is 0.463 e. The zero-order valence-corrected chi connectivity index (χ0v) is 11.5. The molecule has 0 amide bonds. The Kier molecular flexibility index (Phi) is 3.06. The van der Waals surface area contributed by atoms with Crippen LogP contribution in [0.3, 0.4) is 0 Å². The maximum atomic E-state index is 12.1. The highest BCUT2D eigenvalue weighted by atomic mass is 16.5. The van der Waals surface area contributed by atoms with Gasteiger partial charge in [-0.1, -0.05) is 18.2 Å². The number of methoxy groups -OCH3 is 1. The number of hydrogen-bond acceptors (Lipinski definition) is 4. The van der Waals surface area contributed by atoms with Crippen molar-refractivity contribution >= 4 is 22.7 Å². The number of para-hydroxylation sites is 1. The third kappa shape index (κ3) is 1.91. The maximum Gasteiger partial charge on any atom is 0.379 e. The summed E-state index contributed by atoms with van der Waals surface area (Å²) < 4.78 is 6.60. The van der Waals surface area contributed by atoms with Crippen molar-refractivity contribution < 1.29 is 14.3 Å². The van der Waals surface area contributed by atoms with Crippen molar-refractivity contribution in [1.29, 1.82) is 0 Å². The Balaban J connectivity index is 2.21. The summed E-state index contributed by atoms with van der Waals surface area (Å²) in [4.78, 5) is 25.8. The van der Waals surface area contributed by atoms with Crippen LogP contribution in [0.25, 0.3) is 10.9 Å². The van der Waals surface area contributed by atoms with Crippen LogP contribution in [0.5, 0.6) is 0 Å². The van der Waals surface area contributed by atoms with Crippen LogP contribution in [0.15, 0.2) is 24.4 Å². The molecule has 1 aromatic carbocycles. The molecule has 0 atom stereocenters. The van der Waals surface area contributed by atoms with E-state index in [4.69, 9.17) is 0 Å². The van der Waals surface area contributed by atoms with Crippen molar-refractivity contribution in [2.45, 2.75) is 13.1 Å². The van der Waals surface area contributed by atoms with E-state index in [1.54, 1.807) is 6.20 Å². The lowest BCUT2D eigenvalue weighted by Gasteiger charge is -2.12. The molecule has 1 aliphatic heterocycles. The Morgan fingerprint density at radius 1 is 1.25 bits per heavy atom. The van der Waals surface area contributed by atoms with E-state index in [0.717, 1.165) is 30.5 Å². The number of benzene rings is 1. The number of ketones is 1. The van der Waals surface area contributed by atoms with Crippen molar-refractivity contribution in [1.82, 2.24) is 9.47 Å². The minimum atomic E-state index is -0.816. The van der Waals surface area contributed by atoms with Gasteiger partial charge in [-0.05, 0) is 12.6 Å². The average Bonchev–Trinajstić information content (AvgIpc) is 2.74. The van der Waals surface area contributed by atoms with Crippen molar-refractivity contribution in [3.05, 3.63) is 35.5 Å². The van der Waals surface area contributed by atoms with E-state index in [-0.39, 0.29) is 0 Å². The summed E-state index contributed by atoms with van der Waals surface area (Å²) in [7, 11) is 3.30. The minimum absolute atomic E-state index is 0.429. The normalized spacial score (nSPS) is 15.1. The molecule has 0 saturated heterocycles. The number of esters is 1. The summed E-state index contributed by atoms with van der Waals surface area (Å²) in [6, 6.07) is 5.87. The molecule has 1 aromatic heterocycles. The molecule has 5 nitrogen and oxygen atoms in total. The SMILES string of the molecule is COC(=O)C(=O)c1cn2c3c(cccc13)CN(C)CC2. The van der Waals surface area contributed by atoms with Crippen LogP contribution < -0.4 is 0 Å². The summed E-state index contributed by atoms with van der Waals surface area (Å²) in [5.41, 5.74) is 2.65. The number of ether oxygens (including phenoxy) is 1. The van der Waals surface area contributed by atoms with Gasteiger partial charge in [0, 0.05) is 31.2 Å². The first-order chi connectivity index (χ1) is 9.61. The second-order valence-corrected chi connectivity index (χ2v) is 5.11. The molecule has 0 unspecified atom stereocenters. The zero-order valence-electron chi connectivity index (χ0n) is 11.5. The smallest absolute Gasteiger partial charge is 0.379 e. The van der Waals surface area contributed by atoms with Crippen LogP contribution >= 0.6 is 0 Å². The van der Waals surface area contributed by atoms with E-state index in [2.05, 4.69) is 27.3 Å². The topological polar surface area (TPSA) is 51.5 Å². The average molecular weight is 272 g/mol. The molecule has 0 aliphatic carbocycles. The van der Waals surface area contributed by atoms with Crippen LogP contribution in [0.1, 0.15) is 15.9 Å². The number of rotatable bonds is 2. The molecule has 0 radical (unpaired) electrons. The number of Topliss-reactive ketones (excluding diaryl/α,β-unsaturated/α-hetero) is 1. The standard InChI is InChI=1S/C15H16N2O3/c1-16-6-7-17-9-12(14(18)15(19)20-2)11-5-3-4-10(8-16)13(11)17/h3-5,9H,6-8H2,1-2H3. The van der Waals surface area contributed by atoms with Gasteiger partial charge in [-0.3, -0.25) is 4.79 Å². The van der Waals surface area contributed by atoms with Gasteiger partial charge >= 0.3 is 5.97 Å². The number of carbonyl (C=O) groups excluding carboxylic acids is 2. The highest BCUT2D eigenvalue weighted by Crippen LogP contribution is 2.28. The molecule has 0 fully saturated rings. The molecule has 0 N–H and O–H groups in total. The third-order valence-electron chi connectivity index (χ3n) is 3.76. The maximum absolute atomic E-state index is 12.1. The first-order valence-electron chi connectivity index (χ1n) is 6.53. The minimum Gasteiger partial charge on any atom is -0.463 e. The van der Waals surface area contributed by atoms with Gasteiger partial charge in [-0.2, -0.15) is 0 Å². The first kappa shape index (κ1) is 12.9. The van der Waals surface area contributed by atoms with Crippen molar-refractivity contribution in [3.8, 4) is 0 Å². The fourth-order valence-electron chi connectivity index (χ4n) is 2.77. The number of aromatic nitrogens is 1. The number of carbonyl (C=O) groups is 2. The summed E-state index contributed by atoms with van der Waals surface area (Å²) in [5, 5.41) is 0.827. The van der Waals surface area contributed by atoms with Crippen LogP contribution in [0, 0.1) is 0 Å². The molecule has 0 saturated carbocycles. The van der Waals surface area contributed by atoms with E-state index in [1.165, 1.54) is 12.7 Å². The van der Waals surface area contributed by atoms with Gasteiger partial charge in [0.1, 0.15) is 0 Å². The third-order valence-corrected chi connectivity index (χ3v) is 3.76. The quantitative estimate of drug-likeness (QED) is 0.471. The predicted molar refractivity (Wildman–Crippen MR) is 74.6 cm³/mol. The predicted octanol–water partition coefficient (Wildman–Crippen LogP) is 1.44. The van der Waals surface area contributed by atoms with E-state index >= 15 is 0 Å². The van der Waals surface area contributed by atoms with Gasteiger partial charge in [0.2, 0.25) is 0 Å². The lowest BCUT2D eigenvalue weighted by Crippen LogP contribution is -2.20. The van der Waals surface area contributed by atoms with E-state index in [0.29, 0.717) is 5.56 Å². The molecular weight excluding hydrogens is 256 g/mol. The summed E-state index contributed by atoms with van der Waals surface area (Å²) in [6.45, 7) is 2.55. The van der Waals surface area contributed by atoms with Crippen LogP contribution in [0.4, 0.5) is 0 Å². The molecule has 1 aliphatic rings. The fraction of sp³-hybridized carbons (Fsp3) is 0.333. The molecule has 0 bridgehead atoms. The van der Waals surface area contributed by atoms with E-state index < -0.39 is 11.8 Å². The molecular formula is C15H16N2O3. The highest BCUT2D eigenvalue weighted by molar-refractivity contribution is 6.43. The van der Waals surface area contributed by atoms with E-state index in [9.17, 15) is 9.59 Å². The van der Waals surface area contributed by atoms with Gasteiger partial charge < -0.3 is 14.2 Å². The first-order valence-corrected chi connectivity index (χ1v) is 6.53. The molecule has 5 heteroatoms. The lowest BCUT2D eigenvalue weighted by atomic mass is 10.1. The van der Waals surface area contributed by atoms with Crippen molar-refractivity contribution in [3.63, 3.8) is 0 Å². The fourth-order valence-corrected chi connectivity index (χ4v) is 2.77. The van der Waals surface area contributed by atoms with Gasteiger partial charge in [-0.15, -0.1) is 0 Å². The Hall–Kier alpha value is -2.14. The van der Waals surface area contributed by atoms with Gasteiger partial charge in [0.25, 0.3) is 5.78 Å². The van der Waals surface area contributed by atoms with E-state index in [1.807, 2.05) is 12.1 Å². The Morgan fingerprint density at radius 3 is 2.80 bits per heavy atom. The summed E-state index contributed by atoms with van der Waals surface area (Å²) in [5.74, 6) is -1.40. The molecule has 2 heterocycles. The van der Waals surface area contributed by atoms with Gasteiger partial charge in [-0.25, -0.2) is 4.79 Å². The molecule has 3 rings (SSSR count). The number of nitrogens with zero attached hydrogens (tertiary/aromatic N) is 2. The van der Waals surface area contributed by atoms with Crippen LogP contribution in [0.2, 0.25) is 0 Å². The lowest BCUT2D eigenvalue weighted by molar-refractivity contribution is -0.135. The Labute approximate surface area is 116 Å². The van der Waals surface area contributed by atoms with Gasteiger partial charge in [0.05, 0.1) is 18.2 Å².